The smallest absolute Gasteiger partial charge is 0.295 e. The van der Waals surface area contributed by atoms with Crippen LogP contribution in [0.15, 0.2) is 52.1 Å². The van der Waals surface area contributed by atoms with E-state index in [-0.39, 0.29) is 5.91 Å². The van der Waals surface area contributed by atoms with Gasteiger partial charge in [-0.2, -0.15) is 4.99 Å². The first kappa shape index (κ1) is 22.0. The highest BCUT2D eigenvalue weighted by Gasteiger charge is 2.20. The molecule has 0 fully saturated rings. The molecule has 0 aromatic heterocycles. The zero-order valence-corrected chi connectivity index (χ0v) is 17.9. The van der Waals surface area contributed by atoms with Gasteiger partial charge in [0.05, 0.1) is 13.0 Å². The molecule has 0 radical (unpaired) electrons. The van der Waals surface area contributed by atoms with E-state index in [4.69, 9.17) is 14.9 Å². The molecular formula is C24H31N3O3. The van der Waals surface area contributed by atoms with Gasteiger partial charge in [0.25, 0.3) is 11.9 Å². The first-order valence-electron chi connectivity index (χ1n) is 10.6. The van der Waals surface area contributed by atoms with Crippen LogP contribution in [0, 0.1) is 5.41 Å². The van der Waals surface area contributed by atoms with Crippen LogP contribution in [0.3, 0.4) is 0 Å². The van der Waals surface area contributed by atoms with Crippen LogP contribution in [0.2, 0.25) is 0 Å². The lowest BCUT2D eigenvalue weighted by molar-refractivity contribution is -0.117. The van der Waals surface area contributed by atoms with Crippen molar-refractivity contribution in [1.82, 2.24) is 4.90 Å². The van der Waals surface area contributed by atoms with Gasteiger partial charge in [-0.15, -0.1) is 0 Å². The van der Waals surface area contributed by atoms with E-state index in [0.29, 0.717) is 32.3 Å². The van der Waals surface area contributed by atoms with Gasteiger partial charge < -0.3 is 19.8 Å². The number of nitrogens with zero attached hydrogens (tertiary/aromatic N) is 2. The summed E-state index contributed by atoms with van der Waals surface area (Å²) in [5.41, 5.74) is 5.36. The van der Waals surface area contributed by atoms with Gasteiger partial charge in [-0.1, -0.05) is 35.9 Å². The summed E-state index contributed by atoms with van der Waals surface area (Å²) >= 11 is 0. The minimum absolute atomic E-state index is 0.173. The minimum Gasteiger partial charge on any atom is -0.460 e. The molecule has 0 aliphatic carbocycles. The van der Waals surface area contributed by atoms with E-state index in [1.807, 2.05) is 37.3 Å². The lowest BCUT2D eigenvalue weighted by Crippen LogP contribution is -2.36. The molecule has 1 aromatic rings. The average Bonchev–Trinajstić information content (AvgIpc) is 2.76. The number of rotatable bonds is 2. The van der Waals surface area contributed by atoms with Crippen LogP contribution in [-0.2, 0) is 27.3 Å². The number of aliphatic imine (C=N–C) groups is 1. The molecule has 2 aliphatic heterocycles. The van der Waals surface area contributed by atoms with Crippen LogP contribution in [0.25, 0.3) is 0 Å². The molecule has 6 nitrogen and oxygen atoms in total. The van der Waals surface area contributed by atoms with Gasteiger partial charge in [0.1, 0.15) is 6.61 Å². The molecular weight excluding hydrogens is 378 g/mol. The Labute approximate surface area is 178 Å². The monoisotopic (exact) mass is 409 g/mol. The third-order valence-electron chi connectivity index (χ3n) is 5.44. The second-order valence-electron chi connectivity index (χ2n) is 7.86. The SMILES string of the molecule is C/C(C=N)=C/C1=C(\C)CCCN(/C2=N/C(=O)Cc3ccccc3CO2)CCCOC1. The number of carbonyl (C=O) groups is 1. The van der Waals surface area contributed by atoms with Gasteiger partial charge in [0, 0.05) is 25.9 Å². The molecule has 6 heteroatoms. The molecule has 1 N–H and O–H groups in total. The highest BCUT2D eigenvalue weighted by Crippen LogP contribution is 2.18. The van der Waals surface area contributed by atoms with E-state index in [9.17, 15) is 4.79 Å². The van der Waals surface area contributed by atoms with Crippen molar-refractivity contribution < 1.29 is 14.3 Å². The van der Waals surface area contributed by atoms with Crippen molar-refractivity contribution in [2.45, 2.75) is 46.1 Å². The third kappa shape index (κ3) is 6.13. The van der Waals surface area contributed by atoms with Crippen LogP contribution in [-0.4, -0.2) is 49.3 Å². The van der Waals surface area contributed by atoms with Crippen LogP contribution in [0.5, 0.6) is 0 Å². The summed E-state index contributed by atoms with van der Waals surface area (Å²) in [4.78, 5) is 18.8. The number of carbonyl (C=O) groups excluding carboxylic acids is 1. The van der Waals surface area contributed by atoms with Crippen molar-refractivity contribution in [2.75, 3.05) is 26.3 Å². The largest absolute Gasteiger partial charge is 0.460 e. The molecule has 3 rings (SSSR count). The predicted molar refractivity (Wildman–Crippen MR) is 119 cm³/mol. The van der Waals surface area contributed by atoms with Crippen LogP contribution < -0.4 is 0 Å². The fraction of sp³-hybridized carbons (Fsp3) is 0.458. The van der Waals surface area contributed by atoms with Crippen molar-refractivity contribution in [3.63, 3.8) is 0 Å². The van der Waals surface area contributed by atoms with Gasteiger partial charge >= 0.3 is 0 Å². The Balaban J connectivity index is 1.73. The van der Waals surface area contributed by atoms with E-state index in [1.54, 1.807) is 0 Å². The van der Waals surface area contributed by atoms with Crippen molar-refractivity contribution in [3.8, 4) is 0 Å². The van der Waals surface area contributed by atoms with E-state index < -0.39 is 0 Å². The molecule has 1 aromatic carbocycles. The van der Waals surface area contributed by atoms with Crippen molar-refractivity contribution >= 4 is 18.1 Å². The Hall–Kier alpha value is -2.73. The van der Waals surface area contributed by atoms with Gasteiger partial charge in [-0.25, -0.2) is 0 Å². The lowest BCUT2D eigenvalue weighted by atomic mass is 10.0. The molecule has 2 heterocycles. The molecule has 0 saturated heterocycles. The fourth-order valence-electron chi connectivity index (χ4n) is 3.66. The average molecular weight is 410 g/mol. The molecule has 0 spiro atoms. The fourth-order valence-corrected chi connectivity index (χ4v) is 3.66. The zero-order chi connectivity index (χ0) is 21.3. The Morgan fingerprint density at radius 1 is 1.17 bits per heavy atom. The Morgan fingerprint density at radius 3 is 2.73 bits per heavy atom. The molecule has 30 heavy (non-hydrogen) atoms. The summed E-state index contributed by atoms with van der Waals surface area (Å²) in [6.07, 6.45) is 6.39. The number of amides is 1. The normalized spacial score (nSPS) is 23.8. The number of nitrogens with one attached hydrogen (secondary N) is 1. The van der Waals surface area contributed by atoms with Crippen molar-refractivity contribution in [3.05, 3.63) is 58.2 Å². The van der Waals surface area contributed by atoms with Crippen molar-refractivity contribution in [1.29, 1.82) is 5.41 Å². The third-order valence-corrected chi connectivity index (χ3v) is 5.44. The number of fused-ring (bicyclic) bond motifs is 1. The van der Waals surface area contributed by atoms with Crippen LogP contribution in [0.1, 0.15) is 44.2 Å². The molecule has 160 valence electrons. The van der Waals surface area contributed by atoms with Gasteiger partial charge in [-0.3, -0.25) is 4.79 Å². The number of allylic oxidation sites excluding steroid dienone is 2. The summed E-state index contributed by atoms with van der Waals surface area (Å²) in [5, 5.41) is 7.42. The van der Waals surface area contributed by atoms with E-state index >= 15 is 0 Å². The first-order valence-corrected chi connectivity index (χ1v) is 10.6. The maximum absolute atomic E-state index is 12.5. The number of hydrogen-bond acceptors (Lipinski definition) is 5. The van der Waals surface area contributed by atoms with Gasteiger partial charge in [0.2, 0.25) is 0 Å². The Morgan fingerprint density at radius 2 is 1.93 bits per heavy atom. The summed E-state index contributed by atoms with van der Waals surface area (Å²) in [6, 6.07) is 8.30. The first-order chi connectivity index (χ1) is 14.6. The standard InChI is InChI=1S/C24H31N3O3/c1-18(15-25)13-22-16-29-12-6-11-27(10-5-7-19(22)2)24-26-23(28)14-20-8-3-4-9-21(20)17-30-24/h3-4,8-9,13,15,25H,5-7,10-12,14,16-17H2,1-2H3/b18-13-,22-19-,25-15?,26-24-. The number of ether oxygens (including phenoxy) is 2. The van der Waals surface area contributed by atoms with Gasteiger partial charge in [-0.05, 0) is 55.4 Å². The highest BCUT2D eigenvalue weighted by molar-refractivity contribution is 5.92. The van der Waals surface area contributed by atoms with E-state index in [1.165, 1.54) is 11.8 Å². The molecule has 2 aliphatic rings. The predicted octanol–water partition coefficient (Wildman–Crippen LogP) is 4.06. The van der Waals surface area contributed by atoms with Crippen molar-refractivity contribution in [2.24, 2.45) is 4.99 Å². The van der Waals surface area contributed by atoms with E-state index in [2.05, 4.69) is 16.8 Å². The quantitative estimate of drug-likeness (QED) is 0.748. The Kier molecular flexibility index (Phi) is 7.97. The minimum atomic E-state index is -0.173. The lowest BCUT2D eigenvalue weighted by Gasteiger charge is -2.26. The summed E-state index contributed by atoms with van der Waals surface area (Å²) in [6.45, 7) is 7.16. The second kappa shape index (κ2) is 10.9. The number of amidine groups is 1. The number of benzene rings is 1. The molecule has 1 amide bonds. The highest BCUT2D eigenvalue weighted by atomic mass is 16.5. The zero-order valence-electron chi connectivity index (χ0n) is 17.9. The molecule has 0 unspecified atom stereocenters. The molecule has 0 atom stereocenters. The van der Waals surface area contributed by atoms with Crippen LogP contribution in [0.4, 0.5) is 0 Å². The summed E-state index contributed by atoms with van der Waals surface area (Å²) < 4.78 is 11.9. The summed E-state index contributed by atoms with van der Waals surface area (Å²) in [5.74, 6) is -0.173. The van der Waals surface area contributed by atoms with Crippen LogP contribution >= 0.6 is 0 Å². The number of hydrogen-bond donors (Lipinski definition) is 1. The molecule has 0 saturated carbocycles. The maximum atomic E-state index is 12.5. The topological polar surface area (TPSA) is 75.0 Å². The maximum Gasteiger partial charge on any atom is 0.295 e. The summed E-state index contributed by atoms with van der Waals surface area (Å²) in [7, 11) is 0. The van der Waals surface area contributed by atoms with E-state index in [0.717, 1.165) is 54.6 Å². The Bertz CT molecular complexity index is 870. The van der Waals surface area contributed by atoms with Gasteiger partial charge in [0.15, 0.2) is 0 Å². The second-order valence-corrected chi connectivity index (χ2v) is 7.86. The molecule has 0 bridgehead atoms.